The van der Waals surface area contributed by atoms with Gasteiger partial charge in [0.25, 0.3) is 0 Å². The fourth-order valence-electron chi connectivity index (χ4n) is 3.33. The van der Waals surface area contributed by atoms with Crippen molar-refractivity contribution in [1.29, 1.82) is 0 Å². The van der Waals surface area contributed by atoms with Gasteiger partial charge in [0.1, 0.15) is 11.4 Å². The molecule has 0 radical (unpaired) electrons. The lowest BCUT2D eigenvalue weighted by Gasteiger charge is -2.42. The van der Waals surface area contributed by atoms with E-state index in [1.54, 1.807) is 0 Å². The molecule has 1 heterocycles. The van der Waals surface area contributed by atoms with Crippen molar-refractivity contribution >= 4 is 21.7 Å². The summed E-state index contributed by atoms with van der Waals surface area (Å²) in [5.74, 6) is 1.65. The van der Waals surface area contributed by atoms with Crippen LogP contribution in [0.5, 0.6) is 5.75 Å². The number of hydrogen-bond donors (Lipinski definition) is 0. The van der Waals surface area contributed by atoms with Crippen LogP contribution in [0.1, 0.15) is 49.4 Å². The smallest absolute Gasteiger partial charge is 0.170 e. The third-order valence-electron chi connectivity index (χ3n) is 4.10. The molecule has 18 heavy (non-hydrogen) atoms. The summed E-state index contributed by atoms with van der Waals surface area (Å²) in [6.45, 7) is 2.26. The number of Topliss-reactive ketones (excluding diaryl/α,β-unsaturated/α-hetero) is 1. The van der Waals surface area contributed by atoms with Crippen LogP contribution in [0.2, 0.25) is 0 Å². The molecule has 2 aliphatic rings. The Bertz CT molecular complexity index is 497. The second-order valence-corrected chi connectivity index (χ2v) is 6.64. The monoisotopic (exact) mass is 308 g/mol. The first-order chi connectivity index (χ1) is 8.58. The summed E-state index contributed by atoms with van der Waals surface area (Å²) < 4.78 is 7.20. The van der Waals surface area contributed by atoms with Crippen LogP contribution in [0.15, 0.2) is 22.7 Å². The topological polar surface area (TPSA) is 26.3 Å². The molecule has 1 aromatic rings. The first kappa shape index (κ1) is 12.2. The molecule has 1 aliphatic heterocycles. The molecule has 1 spiro atoms. The quantitative estimate of drug-likeness (QED) is 0.711. The summed E-state index contributed by atoms with van der Waals surface area (Å²) in [6, 6.07) is 5.69. The highest BCUT2D eigenvalue weighted by atomic mass is 79.9. The number of benzene rings is 1. The first-order valence-electron chi connectivity index (χ1n) is 6.60. The van der Waals surface area contributed by atoms with E-state index < -0.39 is 0 Å². The Hall–Kier alpha value is -0.830. The molecule has 1 aromatic carbocycles. The van der Waals surface area contributed by atoms with Crippen molar-refractivity contribution in [3.05, 3.63) is 28.2 Å². The molecule has 1 saturated carbocycles. The first-order valence-corrected chi connectivity index (χ1v) is 7.39. The van der Waals surface area contributed by atoms with Crippen molar-refractivity contribution in [3.63, 3.8) is 0 Å². The van der Waals surface area contributed by atoms with E-state index in [0.717, 1.165) is 35.0 Å². The Morgan fingerprint density at radius 2 is 2.28 bits per heavy atom. The molecule has 3 rings (SSSR count). The molecule has 0 saturated heterocycles. The predicted octanol–water partition coefficient (Wildman–Crippen LogP) is 4.36. The van der Waals surface area contributed by atoms with Crippen LogP contribution >= 0.6 is 15.9 Å². The Kier molecular flexibility index (Phi) is 2.97. The van der Waals surface area contributed by atoms with E-state index in [4.69, 9.17) is 4.74 Å². The normalized spacial score (nSPS) is 31.0. The number of carbonyl (C=O) groups is 1. The number of carbonyl (C=O) groups excluding carboxylic acids is 1. The van der Waals surface area contributed by atoms with E-state index in [1.807, 2.05) is 18.2 Å². The molecular formula is C15H17BrO2. The molecule has 2 atom stereocenters. The highest BCUT2D eigenvalue weighted by Gasteiger charge is 2.43. The van der Waals surface area contributed by atoms with E-state index in [2.05, 4.69) is 22.9 Å². The minimum absolute atomic E-state index is 0.234. The molecule has 3 heteroatoms. The molecule has 0 N–H and O–H groups in total. The van der Waals surface area contributed by atoms with Crippen LogP contribution in [0.4, 0.5) is 0 Å². The lowest BCUT2D eigenvalue weighted by atomic mass is 9.74. The second kappa shape index (κ2) is 4.37. The number of rotatable bonds is 0. The number of ketones is 1. The number of ether oxygens (including phenoxy) is 1. The maximum Gasteiger partial charge on any atom is 0.170 e. The Morgan fingerprint density at radius 1 is 1.44 bits per heavy atom. The van der Waals surface area contributed by atoms with Gasteiger partial charge in [-0.1, -0.05) is 29.3 Å². The minimum Gasteiger partial charge on any atom is -0.486 e. The number of fused-ring (bicyclic) bond motifs is 1. The fourth-order valence-corrected chi connectivity index (χ4v) is 3.67. The summed E-state index contributed by atoms with van der Waals surface area (Å²) in [6.07, 6.45) is 4.98. The van der Waals surface area contributed by atoms with Crippen LogP contribution in [0.3, 0.4) is 0 Å². The largest absolute Gasteiger partial charge is 0.486 e. The van der Waals surface area contributed by atoms with Gasteiger partial charge < -0.3 is 4.74 Å². The van der Waals surface area contributed by atoms with Crippen molar-refractivity contribution in [3.8, 4) is 5.75 Å². The van der Waals surface area contributed by atoms with E-state index in [-0.39, 0.29) is 11.4 Å². The van der Waals surface area contributed by atoms with Gasteiger partial charge in [-0.3, -0.25) is 4.79 Å². The van der Waals surface area contributed by atoms with E-state index >= 15 is 0 Å². The lowest BCUT2D eigenvalue weighted by molar-refractivity contribution is -0.000859. The van der Waals surface area contributed by atoms with E-state index in [0.29, 0.717) is 12.3 Å². The molecular weight excluding hydrogens is 292 g/mol. The fraction of sp³-hybridized carbons (Fsp3) is 0.533. The molecule has 2 nitrogen and oxygen atoms in total. The summed E-state index contributed by atoms with van der Waals surface area (Å²) in [4.78, 5) is 12.3. The summed E-state index contributed by atoms with van der Waals surface area (Å²) >= 11 is 3.44. The van der Waals surface area contributed by atoms with Gasteiger partial charge in [-0.15, -0.1) is 0 Å². The molecule has 1 aliphatic carbocycles. The molecule has 96 valence electrons. The van der Waals surface area contributed by atoms with Gasteiger partial charge >= 0.3 is 0 Å². The van der Waals surface area contributed by atoms with Crippen molar-refractivity contribution in [2.24, 2.45) is 5.92 Å². The van der Waals surface area contributed by atoms with E-state index in [1.165, 1.54) is 6.42 Å². The van der Waals surface area contributed by atoms with Crippen molar-refractivity contribution in [1.82, 2.24) is 0 Å². The molecule has 0 amide bonds. The Morgan fingerprint density at radius 3 is 3.06 bits per heavy atom. The maximum absolute atomic E-state index is 12.3. The highest BCUT2D eigenvalue weighted by molar-refractivity contribution is 9.10. The van der Waals surface area contributed by atoms with E-state index in [9.17, 15) is 4.79 Å². The van der Waals surface area contributed by atoms with Gasteiger partial charge in [0, 0.05) is 4.47 Å². The van der Waals surface area contributed by atoms with Crippen LogP contribution in [0, 0.1) is 5.92 Å². The Balaban J connectivity index is 1.97. The van der Waals surface area contributed by atoms with Gasteiger partial charge in [-0.05, 0) is 43.4 Å². The SMILES string of the molecule is CC1CCCC2(CC(=O)c3ccc(Br)cc3O2)C1. The van der Waals surface area contributed by atoms with Crippen LogP contribution < -0.4 is 4.74 Å². The van der Waals surface area contributed by atoms with Gasteiger partial charge in [0.15, 0.2) is 5.78 Å². The van der Waals surface area contributed by atoms with Crippen LogP contribution in [-0.2, 0) is 0 Å². The Labute approximate surface area is 116 Å². The standard InChI is InChI=1S/C15H17BrO2/c1-10-3-2-6-15(8-10)9-13(17)12-5-4-11(16)7-14(12)18-15/h4-5,7,10H,2-3,6,8-9H2,1H3. The van der Waals surface area contributed by atoms with Gasteiger partial charge in [0.2, 0.25) is 0 Å². The summed E-state index contributed by atoms with van der Waals surface area (Å²) in [7, 11) is 0. The predicted molar refractivity (Wildman–Crippen MR) is 74.1 cm³/mol. The molecule has 0 aromatic heterocycles. The third-order valence-corrected chi connectivity index (χ3v) is 4.60. The minimum atomic E-state index is -0.234. The van der Waals surface area contributed by atoms with Crippen LogP contribution in [0.25, 0.3) is 0 Å². The van der Waals surface area contributed by atoms with Crippen molar-refractivity contribution < 1.29 is 9.53 Å². The third kappa shape index (κ3) is 2.09. The zero-order valence-corrected chi connectivity index (χ0v) is 12.1. The molecule has 0 bridgehead atoms. The van der Waals surface area contributed by atoms with Crippen LogP contribution in [-0.4, -0.2) is 11.4 Å². The summed E-state index contributed by atoms with van der Waals surface area (Å²) in [5.41, 5.74) is 0.504. The highest BCUT2D eigenvalue weighted by Crippen LogP contribution is 2.44. The molecule has 1 fully saturated rings. The van der Waals surface area contributed by atoms with Crippen molar-refractivity contribution in [2.45, 2.75) is 44.6 Å². The van der Waals surface area contributed by atoms with Gasteiger partial charge in [-0.2, -0.15) is 0 Å². The maximum atomic E-state index is 12.3. The second-order valence-electron chi connectivity index (χ2n) is 5.73. The zero-order valence-electron chi connectivity index (χ0n) is 10.5. The average Bonchev–Trinajstić information content (AvgIpc) is 2.27. The van der Waals surface area contributed by atoms with Crippen molar-refractivity contribution in [2.75, 3.05) is 0 Å². The number of halogens is 1. The number of hydrogen-bond acceptors (Lipinski definition) is 2. The molecule has 2 unspecified atom stereocenters. The summed E-state index contributed by atoms with van der Waals surface area (Å²) in [5, 5.41) is 0. The average molecular weight is 309 g/mol. The van der Waals surface area contributed by atoms with Gasteiger partial charge in [0.05, 0.1) is 12.0 Å². The lowest BCUT2D eigenvalue weighted by Crippen LogP contribution is -2.45. The van der Waals surface area contributed by atoms with Gasteiger partial charge in [-0.25, -0.2) is 0 Å². The zero-order chi connectivity index (χ0) is 12.8.